The van der Waals surface area contributed by atoms with Crippen LogP contribution in [0.3, 0.4) is 0 Å². The summed E-state index contributed by atoms with van der Waals surface area (Å²) in [5, 5.41) is 4.83. The van der Waals surface area contributed by atoms with Gasteiger partial charge in [-0.1, -0.05) is 0 Å². The van der Waals surface area contributed by atoms with Crippen molar-refractivity contribution < 1.29 is 20.5 Å². The van der Waals surface area contributed by atoms with Crippen LogP contribution in [-0.4, -0.2) is 63.1 Å². The van der Waals surface area contributed by atoms with Crippen molar-refractivity contribution in [3.05, 3.63) is 42.6 Å². The summed E-state index contributed by atoms with van der Waals surface area (Å²) >= 11 is 0. The first-order valence-corrected chi connectivity index (χ1v) is 7.87. The number of Topliss-reactive ketones (excluding diaryl/α,β-unsaturated/α-hetero) is 1. The zero-order valence-corrected chi connectivity index (χ0v) is 13.9. The SMILES string of the molecule is [2H]C1([2H])OC([2H])([2H])C([2H])([2H])N(CC(=O)Cc2cc3cc(-c4cnn(C)c4)cnc3cn2)C1([2H])[2H]. The van der Waals surface area contributed by atoms with Gasteiger partial charge in [0.2, 0.25) is 0 Å². The third kappa shape index (κ3) is 3.79. The van der Waals surface area contributed by atoms with Crippen LogP contribution >= 0.6 is 0 Å². The maximum atomic E-state index is 12.8. The Labute approximate surface area is 162 Å². The van der Waals surface area contributed by atoms with Crippen molar-refractivity contribution in [1.82, 2.24) is 24.6 Å². The fourth-order valence-corrected chi connectivity index (χ4v) is 2.62. The van der Waals surface area contributed by atoms with Crippen LogP contribution < -0.4 is 0 Å². The van der Waals surface area contributed by atoms with Crippen molar-refractivity contribution in [2.24, 2.45) is 7.05 Å². The first-order chi connectivity index (χ1) is 15.6. The molecule has 1 fully saturated rings. The fraction of sp³-hybridized carbons (Fsp3) is 0.368. The predicted molar refractivity (Wildman–Crippen MR) is 97.7 cm³/mol. The number of carbonyl (C=O) groups excluding carboxylic acids is 1. The minimum Gasteiger partial charge on any atom is -0.379 e. The molecule has 7 heteroatoms. The molecule has 0 aromatic carbocycles. The average Bonchev–Trinajstić information content (AvgIpc) is 3.16. The number of aryl methyl sites for hydroxylation is 1. The maximum Gasteiger partial charge on any atom is 0.152 e. The Balaban J connectivity index is 1.58. The van der Waals surface area contributed by atoms with Crippen molar-refractivity contribution in [3.8, 4) is 11.1 Å². The highest BCUT2D eigenvalue weighted by molar-refractivity contribution is 5.86. The van der Waals surface area contributed by atoms with Crippen molar-refractivity contribution in [1.29, 1.82) is 0 Å². The predicted octanol–water partition coefficient (Wildman–Crippen LogP) is 1.47. The molecule has 4 heterocycles. The van der Waals surface area contributed by atoms with Gasteiger partial charge in [-0.25, -0.2) is 0 Å². The van der Waals surface area contributed by atoms with Gasteiger partial charge in [-0.15, -0.1) is 0 Å². The molecule has 1 aliphatic rings. The summed E-state index contributed by atoms with van der Waals surface area (Å²) in [4.78, 5) is 21.6. The summed E-state index contributed by atoms with van der Waals surface area (Å²) in [5.74, 6) is -0.676. The summed E-state index contributed by atoms with van der Waals surface area (Å²) < 4.78 is 69.0. The van der Waals surface area contributed by atoms with Crippen molar-refractivity contribution >= 4 is 16.7 Å². The number of aromatic nitrogens is 4. The largest absolute Gasteiger partial charge is 0.379 e. The van der Waals surface area contributed by atoms with Gasteiger partial charge in [0, 0.05) is 60.1 Å². The van der Waals surface area contributed by atoms with E-state index in [1.54, 1.807) is 30.2 Å². The number of carbonyl (C=O) groups is 1. The summed E-state index contributed by atoms with van der Waals surface area (Å²) in [7, 11) is 1.79. The van der Waals surface area contributed by atoms with Gasteiger partial charge in [0.25, 0.3) is 0 Å². The molecule has 134 valence electrons. The molecule has 0 saturated carbocycles. The minimum absolute atomic E-state index is 0.231. The second-order valence-corrected chi connectivity index (χ2v) is 5.83. The van der Waals surface area contributed by atoms with Crippen molar-refractivity contribution in [2.75, 3.05) is 32.7 Å². The summed E-state index contributed by atoms with van der Waals surface area (Å²) in [6.45, 7) is -13.5. The van der Waals surface area contributed by atoms with E-state index in [9.17, 15) is 4.79 Å². The van der Waals surface area contributed by atoms with Gasteiger partial charge in [-0.3, -0.25) is 24.3 Å². The monoisotopic (exact) mass is 359 g/mol. The van der Waals surface area contributed by atoms with Gasteiger partial charge in [0.05, 0.1) is 49.5 Å². The van der Waals surface area contributed by atoms with E-state index in [-0.39, 0.29) is 11.3 Å². The zero-order chi connectivity index (χ0) is 25.1. The van der Waals surface area contributed by atoms with Crippen LogP contribution in [0.25, 0.3) is 22.0 Å². The number of hydrogen-bond donors (Lipinski definition) is 0. The number of pyridine rings is 2. The van der Waals surface area contributed by atoms with Crippen molar-refractivity contribution in [3.63, 3.8) is 0 Å². The highest BCUT2D eigenvalue weighted by atomic mass is 16.5. The molecule has 0 unspecified atom stereocenters. The molecule has 0 N–H and O–H groups in total. The van der Waals surface area contributed by atoms with Crippen LogP contribution in [0, 0.1) is 0 Å². The van der Waals surface area contributed by atoms with Gasteiger partial charge in [-0.05, 0) is 12.1 Å². The fourth-order valence-electron chi connectivity index (χ4n) is 2.62. The van der Waals surface area contributed by atoms with E-state index in [4.69, 9.17) is 11.0 Å². The Kier molecular flexibility index (Phi) is 2.78. The summed E-state index contributed by atoms with van der Waals surface area (Å²) in [6.07, 6.45) is 6.38. The Bertz CT molecular complexity index is 1240. The Morgan fingerprint density at radius 3 is 2.81 bits per heavy atom. The lowest BCUT2D eigenvalue weighted by atomic mass is 10.1. The number of rotatable bonds is 5. The molecule has 1 aliphatic heterocycles. The molecular formula is C19H21N5O2. The van der Waals surface area contributed by atoms with Crippen LogP contribution in [0.1, 0.15) is 16.7 Å². The minimum atomic E-state index is -3.20. The number of morpholine rings is 1. The van der Waals surface area contributed by atoms with Crippen LogP contribution in [0.2, 0.25) is 0 Å². The maximum absolute atomic E-state index is 12.8. The number of nitrogens with zero attached hydrogens (tertiary/aromatic N) is 5. The summed E-state index contributed by atoms with van der Waals surface area (Å²) in [6, 6.07) is 3.50. The molecule has 0 bridgehead atoms. The molecule has 0 atom stereocenters. The number of ketones is 1. The lowest BCUT2D eigenvalue weighted by molar-refractivity contribution is -0.120. The van der Waals surface area contributed by atoms with Crippen LogP contribution in [-0.2, 0) is 23.0 Å². The Hall–Kier alpha value is -2.64. The molecule has 4 rings (SSSR count). The highest BCUT2D eigenvalue weighted by Crippen LogP contribution is 2.22. The topological polar surface area (TPSA) is 73.1 Å². The molecule has 7 nitrogen and oxygen atoms in total. The Morgan fingerprint density at radius 1 is 1.19 bits per heavy atom. The third-order valence-electron chi connectivity index (χ3n) is 3.84. The second kappa shape index (κ2) is 7.31. The second-order valence-electron chi connectivity index (χ2n) is 5.83. The lowest BCUT2D eigenvalue weighted by Gasteiger charge is -2.25. The van der Waals surface area contributed by atoms with Gasteiger partial charge >= 0.3 is 0 Å². The van der Waals surface area contributed by atoms with Crippen LogP contribution in [0.15, 0.2) is 36.9 Å². The number of fused-ring (bicyclic) bond motifs is 1. The van der Waals surface area contributed by atoms with Crippen LogP contribution in [0.4, 0.5) is 0 Å². The number of ether oxygens (including phenoxy) is 1. The molecule has 1 saturated heterocycles. The molecule has 26 heavy (non-hydrogen) atoms. The molecule has 0 amide bonds. The molecule has 3 aromatic heterocycles. The molecular weight excluding hydrogens is 330 g/mol. The van der Waals surface area contributed by atoms with E-state index < -0.39 is 38.4 Å². The van der Waals surface area contributed by atoms with Gasteiger partial charge in [-0.2, -0.15) is 5.10 Å². The van der Waals surface area contributed by atoms with E-state index in [1.807, 2.05) is 12.3 Å². The molecule has 0 aliphatic carbocycles. The van der Waals surface area contributed by atoms with Crippen molar-refractivity contribution in [2.45, 2.75) is 6.42 Å². The lowest BCUT2D eigenvalue weighted by Crippen LogP contribution is -2.39. The van der Waals surface area contributed by atoms with E-state index in [2.05, 4.69) is 19.8 Å². The Morgan fingerprint density at radius 2 is 2.04 bits per heavy atom. The molecule has 3 aromatic rings. The van der Waals surface area contributed by atoms with E-state index >= 15 is 0 Å². The quantitative estimate of drug-likeness (QED) is 0.687. The smallest absolute Gasteiger partial charge is 0.152 e. The van der Waals surface area contributed by atoms with Crippen LogP contribution in [0.5, 0.6) is 0 Å². The molecule has 0 radical (unpaired) electrons. The van der Waals surface area contributed by atoms with E-state index in [1.165, 1.54) is 6.20 Å². The first-order valence-electron chi connectivity index (χ1n) is 11.9. The van der Waals surface area contributed by atoms with E-state index in [0.29, 0.717) is 16.6 Å². The number of hydrogen-bond acceptors (Lipinski definition) is 6. The highest BCUT2D eigenvalue weighted by Gasteiger charge is 2.15. The normalized spacial score (nSPS) is 27.7. The molecule has 0 spiro atoms. The standard InChI is InChI=1S/C19H21N5O2/c1-23-12-16(10-22-23)15-6-14-7-17(20-11-19(14)21-9-15)8-18(25)13-24-2-4-26-5-3-24/h6-7,9-12H,2-5,8,13H2,1H3/i2D2,3D2,4D2,5D2. The van der Waals surface area contributed by atoms with Gasteiger partial charge < -0.3 is 4.74 Å². The summed E-state index contributed by atoms with van der Waals surface area (Å²) in [5.41, 5.74) is 2.57. The van der Waals surface area contributed by atoms with E-state index in [0.717, 1.165) is 11.1 Å². The van der Waals surface area contributed by atoms with Gasteiger partial charge in [0.1, 0.15) is 0 Å². The first kappa shape index (κ1) is 9.89. The zero-order valence-electron chi connectivity index (χ0n) is 21.9. The average molecular weight is 359 g/mol. The third-order valence-corrected chi connectivity index (χ3v) is 3.84. The van der Waals surface area contributed by atoms with Gasteiger partial charge in [0.15, 0.2) is 5.78 Å².